The molecule has 2 rings (SSSR count). The molecular formula is C12H18N2OS2. The molecule has 3 nitrogen and oxygen atoms in total. The monoisotopic (exact) mass is 270 g/mol. The van der Waals surface area contributed by atoms with Crippen LogP contribution in [-0.4, -0.2) is 46.8 Å². The molecule has 17 heavy (non-hydrogen) atoms. The van der Waals surface area contributed by atoms with E-state index in [4.69, 9.17) is 0 Å². The minimum Gasteiger partial charge on any atom is -0.297 e. The zero-order valence-electron chi connectivity index (χ0n) is 10.5. The van der Waals surface area contributed by atoms with Crippen molar-refractivity contribution in [3.8, 4) is 0 Å². The SMILES string of the molecule is Cc1nc(CC(=O)C2CSCCN2C)sc1C. The Morgan fingerprint density at radius 3 is 2.88 bits per heavy atom. The first kappa shape index (κ1) is 13.1. The summed E-state index contributed by atoms with van der Waals surface area (Å²) in [7, 11) is 2.04. The number of hydrogen-bond acceptors (Lipinski definition) is 5. The van der Waals surface area contributed by atoms with Gasteiger partial charge in [-0.3, -0.25) is 9.69 Å². The molecule has 0 saturated carbocycles. The third kappa shape index (κ3) is 3.09. The van der Waals surface area contributed by atoms with Gasteiger partial charge in [0.2, 0.25) is 0 Å². The fourth-order valence-electron chi connectivity index (χ4n) is 1.91. The topological polar surface area (TPSA) is 33.2 Å². The van der Waals surface area contributed by atoms with Gasteiger partial charge in [-0.05, 0) is 20.9 Å². The molecule has 2 heterocycles. The number of aromatic nitrogens is 1. The Labute approximate surface area is 111 Å². The van der Waals surface area contributed by atoms with E-state index in [1.54, 1.807) is 11.3 Å². The molecule has 1 fully saturated rings. The van der Waals surface area contributed by atoms with Crippen LogP contribution in [0.4, 0.5) is 0 Å². The van der Waals surface area contributed by atoms with Crippen molar-refractivity contribution < 1.29 is 4.79 Å². The molecule has 1 aliphatic heterocycles. The number of hydrogen-bond donors (Lipinski definition) is 0. The van der Waals surface area contributed by atoms with E-state index in [9.17, 15) is 4.79 Å². The highest BCUT2D eigenvalue weighted by Crippen LogP contribution is 2.20. The molecule has 1 aromatic heterocycles. The van der Waals surface area contributed by atoms with E-state index in [0.29, 0.717) is 12.2 Å². The molecule has 1 unspecified atom stereocenters. The van der Waals surface area contributed by atoms with Crippen LogP contribution < -0.4 is 0 Å². The lowest BCUT2D eigenvalue weighted by Crippen LogP contribution is -2.45. The molecular weight excluding hydrogens is 252 g/mol. The molecule has 0 aromatic carbocycles. The van der Waals surface area contributed by atoms with Crippen molar-refractivity contribution >= 4 is 28.9 Å². The predicted octanol–water partition coefficient (Wildman–Crippen LogP) is 1.92. The van der Waals surface area contributed by atoms with Crippen LogP contribution in [0.1, 0.15) is 15.6 Å². The van der Waals surface area contributed by atoms with Gasteiger partial charge in [0.1, 0.15) is 5.01 Å². The van der Waals surface area contributed by atoms with Crippen LogP contribution in [0.3, 0.4) is 0 Å². The number of carbonyl (C=O) groups is 1. The van der Waals surface area contributed by atoms with Crippen LogP contribution >= 0.6 is 23.1 Å². The normalized spacial score (nSPS) is 21.7. The number of likely N-dealkylation sites (N-methyl/N-ethyl adjacent to an activating group) is 1. The van der Waals surface area contributed by atoms with Crippen LogP contribution in [0.25, 0.3) is 0 Å². The quantitative estimate of drug-likeness (QED) is 0.840. The van der Waals surface area contributed by atoms with Crippen molar-refractivity contribution in [3.63, 3.8) is 0 Å². The van der Waals surface area contributed by atoms with Gasteiger partial charge < -0.3 is 0 Å². The maximum absolute atomic E-state index is 12.2. The van der Waals surface area contributed by atoms with E-state index in [1.165, 1.54) is 4.88 Å². The molecule has 1 aliphatic rings. The first-order valence-corrected chi connectivity index (χ1v) is 7.78. The van der Waals surface area contributed by atoms with Gasteiger partial charge in [-0.2, -0.15) is 11.8 Å². The standard InChI is InChI=1S/C12H18N2OS2/c1-8-9(2)17-12(13-8)6-11(15)10-7-16-5-4-14(10)3/h10H,4-7H2,1-3H3. The van der Waals surface area contributed by atoms with Crippen LogP contribution in [-0.2, 0) is 11.2 Å². The summed E-state index contributed by atoms with van der Waals surface area (Å²) >= 11 is 3.53. The third-order valence-corrected chi connectivity index (χ3v) is 5.26. The minimum atomic E-state index is 0.0817. The van der Waals surface area contributed by atoms with Gasteiger partial charge in [0.15, 0.2) is 5.78 Å². The van der Waals surface area contributed by atoms with Gasteiger partial charge in [0.25, 0.3) is 0 Å². The summed E-state index contributed by atoms with van der Waals surface area (Å²) < 4.78 is 0. The molecule has 1 aromatic rings. The number of thioether (sulfide) groups is 1. The lowest BCUT2D eigenvalue weighted by Gasteiger charge is -2.30. The predicted molar refractivity (Wildman–Crippen MR) is 74.0 cm³/mol. The highest BCUT2D eigenvalue weighted by Gasteiger charge is 2.26. The van der Waals surface area contributed by atoms with Crippen molar-refractivity contribution in [3.05, 3.63) is 15.6 Å². The largest absolute Gasteiger partial charge is 0.297 e. The van der Waals surface area contributed by atoms with Crippen LogP contribution in [0, 0.1) is 13.8 Å². The second-order valence-electron chi connectivity index (χ2n) is 4.46. The van der Waals surface area contributed by atoms with Gasteiger partial charge >= 0.3 is 0 Å². The average Bonchev–Trinajstić information content (AvgIpc) is 2.58. The molecule has 1 atom stereocenters. The van der Waals surface area contributed by atoms with E-state index < -0.39 is 0 Å². The number of thiazole rings is 1. The highest BCUT2D eigenvalue weighted by atomic mass is 32.2. The summed E-state index contributed by atoms with van der Waals surface area (Å²) in [4.78, 5) is 20.0. The van der Waals surface area contributed by atoms with Crippen molar-refractivity contribution in [2.45, 2.75) is 26.3 Å². The van der Waals surface area contributed by atoms with E-state index in [-0.39, 0.29) is 6.04 Å². The Hall–Kier alpha value is -0.390. The van der Waals surface area contributed by atoms with Crippen molar-refractivity contribution in [1.29, 1.82) is 0 Å². The fraction of sp³-hybridized carbons (Fsp3) is 0.667. The maximum Gasteiger partial charge on any atom is 0.157 e. The summed E-state index contributed by atoms with van der Waals surface area (Å²) in [5, 5.41) is 0.967. The number of Topliss-reactive ketones (excluding diaryl/α,β-unsaturated/α-hetero) is 1. The number of aryl methyl sites for hydroxylation is 2. The average molecular weight is 270 g/mol. The molecule has 0 amide bonds. The van der Waals surface area contributed by atoms with E-state index in [1.807, 2.05) is 25.7 Å². The van der Waals surface area contributed by atoms with Crippen molar-refractivity contribution in [2.75, 3.05) is 25.1 Å². The van der Waals surface area contributed by atoms with Crippen LogP contribution in [0.2, 0.25) is 0 Å². The summed E-state index contributed by atoms with van der Waals surface area (Å²) in [6, 6.07) is 0.0817. The molecule has 0 radical (unpaired) electrons. The van der Waals surface area contributed by atoms with Crippen molar-refractivity contribution in [2.24, 2.45) is 0 Å². The molecule has 0 N–H and O–H groups in total. The van der Waals surface area contributed by atoms with E-state index >= 15 is 0 Å². The Morgan fingerprint density at radius 1 is 1.53 bits per heavy atom. The number of rotatable bonds is 3. The Morgan fingerprint density at radius 2 is 2.29 bits per heavy atom. The molecule has 0 spiro atoms. The zero-order chi connectivity index (χ0) is 12.4. The first-order chi connectivity index (χ1) is 8.08. The van der Waals surface area contributed by atoms with Gasteiger partial charge in [-0.1, -0.05) is 0 Å². The van der Waals surface area contributed by atoms with Crippen LogP contribution in [0.5, 0.6) is 0 Å². The number of nitrogens with zero attached hydrogens (tertiary/aromatic N) is 2. The second-order valence-corrected chi connectivity index (χ2v) is 6.90. The van der Waals surface area contributed by atoms with Crippen molar-refractivity contribution in [1.82, 2.24) is 9.88 Å². The first-order valence-electron chi connectivity index (χ1n) is 5.81. The molecule has 94 valence electrons. The molecule has 5 heteroatoms. The van der Waals surface area contributed by atoms with E-state index in [0.717, 1.165) is 28.8 Å². The fourth-order valence-corrected chi connectivity index (χ4v) is 4.10. The number of carbonyl (C=O) groups excluding carboxylic acids is 1. The maximum atomic E-state index is 12.2. The molecule has 0 bridgehead atoms. The van der Waals surface area contributed by atoms with Gasteiger partial charge in [0, 0.05) is 22.9 Å². The van der Waals surface area contributed by atoms with Gasteiger partial charge in [-0.15, -0.1) is 11.3 Å². The molecule has 0 aliphatic carbocycles. The summed E-state index contributed by atoms with van der Waals surface area (Å²) in [5.74, 6) is 2.38. The van der Waals surface area contributed by atoms with Gasteiger partial charge in [-0.25, -0.2) is 4.98 Å². The lowest BCUT2D eigenvalue weighted by molar-refractivity contribution is -0.122. The summed E-state index contributed by atoms with van der Waals surface area (Å²) in [6.07, 6.45) is 0.495. The van der Waals surface area contributed by atoms with Crippen LogP contribution in [0.15, 0.2) is 0 Å². The summed E-state index contributed by atoms with van der Waals surface area (Å²) in [6.45, 7) is 5.07. The Bertz CT molecular complexity index is 397. The van der Waals surface area contributed by atoms with Gasteiger partial charge in [0.05, 0.1) is 18.2 Å². The highest BCUT2D eigenvalue weighted by molar-refractivity contribution is 7.99. The third-order valence-electron chi connectivity index (χ3n) is 3.17. The second kappa shape index (κ2) is 5.50. The lowest BCUT2D eigenvalue weighted by atomic mass is 10.1. The minimum absolute atomic E-state index is 0.0817. The number of ketones is 1. The zero-order valence-corrected chi connectivity index (χ0v) is 12.2. The Balaban J connectivity index is 2.00. The smallest absolute Gasteiger partial charge is 0.157 e. The Kier molecular flexibility index (Phi) is 4.22. The van der Waals surface area contributed by atoms with E-state index in [2.05, 4.69) is 16.8 Å². The summed E-state index contributed by atoms with van der Waals surface area (Å²) in [5.41, 5.74) is 1.06. The molecule has 1 saturated heterocycles.